The van der Waals surface area contributed by atoms with Crippen LogP contribution in [0.25, 0.3) is 0 Å². The van der Waals surface area contributed by atoms with Gasteiger partial charge in [-0.2, -0.15) is 0 Å². The first-order chi connectivity index (χ1) is 11.0. The fourth-order valence-corrected chi connectivity index (χ4v) is 3.51. The molecule has 4 atom stereocenters. The fraction of sp³-hybridized carbons (Fsp3) is 0.471. The van der Waals surface area contributed by atoms with E-state index in [1.54, 1.807) is 0 Å². The second kappa shape index (κ2) is 6.02. The van der Waals surface area contributed by atoms with Gasteiger partial charge in [-0.15, -0.1) is 0 Å². The highest BCUT2D eigenvalue weighted by molar-refractivity contribution is 5.94. The van der Waals surface area contributed by atoms with Crippen LogP contribution in [0.1, 0.15) is 18.9 Å². The quantitative estimate of drug-likeness (QED) is 0.615. The van der Waals surface area contributed by atoms with E-state index >= 15 is 0 Å². The summed E-state index contributed by atoms with van der Waals surface area (Å²) in [6, 6.07) is 8.31. The van der Waals surface area contributed by atoms with Crippen molar-refractivity contribution in [3.63, 3.8) is 0 Å². The van der Waals surface area contributed by atoms with Gasteiger partial charge in [0.15, 0.2) is 0 Å². The first-order valence-corrected chi connectivity index (χ1v) is 7.64. The Balaban J connectivity index is 1.76. The Labute approximate surface area is 134 Å². The maximum absolute atomic E-state index is 12.5. The number of rotatable bonds is 4. The van der Waals surface area contributed by atoms with Crippen LogP contribution in [0, 0.1) is 11.8 Å². The zero-order valence-electron chi connectivity index (χ0n) is 13.1. The third-order valence-electron chi connectivity index (χ3n) is 4.78. The smallest absolute Gasteiger partial charge is 0.330 e. The van der Waals surface area contributed by atoms with Crippen molar-refractivity contribution in [3.8, 4) is 0 Å². The molecule has 3 rings (SSSR count). The normalized spacial score (nSPS) is 28.8. The molecule has 23 heavy (non-hydrogen) atoms. The molecule has 1 amide bonds. The number of esters is 2. The van der Waals surface area contributed by atoms with Crippen LogP contribution in [-0.4, -0.2) is 41.9 Å². The van der Waals surface area contributed by atoms with Gasteiger partial charge in [-0.25, -0.2) is 4.79 Å². The van der Waals surface area contributed by atoms with Gasteiger partial charge in [0.25, 0.3) is 0 Å². The van der Waals surface area contributed by atoms with Crippen molar-refractivity contribution >= 4 is 17.8 Å². The molecule has 0 bridgehead atoms. The van der Waals surface area contributed by atoms with Crippen LogP contribution in [0.15, 0.2) is 30.3 Å². The Kier molecular flexibility index (Phi) is 4.07. The first-order valence-electron chi connectivity index (χ1n) is 7.64. The van der Waals surface area contributed by atoms with Gasteiger partial charge in [-0.05, 0) is 11.5 Å². The zero-order valence-corrected chi connectivity index (χ0v) is 13.1. The molecular formula is C17H19NO5. The largest absolute Gasteiger partial charge is 0.469 e. The van der Waals surface area contributed by atoms with Crippen molar-refractivity contribution in [1.29, 1.82) is 0 Å². The summed E-state index contributed by atoms with van der Waals surface area (Å²) in [7, 11) is 1.29. The lowest BCUT2D eigenvalue weighted by atomic mass is 9.87. The molecule has 122 valence electrons. The number of hydrogen-bond acceptors (Lipinski definition) is 5. The SMILES string of the molecule is COC(=O)[C@@H]1C(C)[C@@H]2CC(=O)N2[C@H]1C(=O)OCc1ccccc1. The summed E-state index contributed by atoms with van der Waals surface area (Å²) in [5, 5.41) is 0. The van der Waals surface area contributed by atoms with Gasteiger partial charge < -0.3 is 14.4 Å². The molecule has 2 fully saturated rings. The number of carbonyl (C=O) groups is 3. The van der Waals surface area contributed by atoms with Gasteiger partial charge in [0.2, 0.25) is 5.91 Å². The molecule has 0 spiro atoms. The van der Waals surface area contributed by atoms with Gasteiger partial charge >= 0.3 is 11.9 Å². The molecule has 2 saturated heterocycles. The monoisotopic (exact) mass is 317 g/mol. The molecule has 0 aliphatic carbocycles. The summed E-state index contributed by atoms with van der Waals surface area (Å²) in [5.41, 5.74) is 0.855. The average molecular weight is 317 g/mol. The molecule has 0 N–H and O–H groups in total. The second-order valence-corrected chi connectivity index (χ2v) is 6.02. The second-order valence-electron chi connectivity index (χ2n) is 6.02. The molecule has 1 unspecified atom stereocenters. The van der Waals surface area contributed by atoms with Gasteiger partial charge in [-0.1, -0.05) is 37.3 Å². The van der Waals surface area contributed by atoms with Crippen molar-refractivity contribution in [1.82, 2.24) is 4.90 Å². The van der Waals surface area contributed by atoms with Gasteiger partial charge in [0.05, 0.1) is 13.0 Å². The number of methoxy groups -OCH3 is 1. The van der Waals surface area contributed by atoms with Crippen molar-refractivity contribution < 1.29 is 23.9 Å². The minimum Gasteiger partial charge on any atom is -0.469 e. The minimum absolute atomic E-state index is 0.0825. The summed E-state index contributed by atoms with van der Waals surface area (Å²) in [4.78, 5) is 37.9. The topological polar surface area (TPSA) is 72.9 Å². The number of hydrogen-bond donors (Lipinski definition) is 0. The number of ether oxygens (including phenoxy) is 2. The molecular weight excluding hydrogens is 298 g/mol. The molecule has 6 heteroatoms. The molecule has 1 aromatic rings. The summed E-state index contributed by atoms with van der Waals surface area (Å²) in [5.74, 6) is -1.92. The van der Waals surface area contributed by atoms with Crippen molar-refractivity contribution in [2.24, 2.45) is 11.8 Å². The number of amides is 1. The number of fused-ring (bicyclic) bond motifs is 1. The third-order valence-corrected chi connectivity index (χ3v) is 4.78. The maximum atomic E-state index is 12.5. The predicted octanol–water partition coefficient (Wildman–Crippen LogP) is 1.14. The van der Waals surface area contributed by atoms with E-state index in [0.29, 0.717) is 6.42 Å². The Hall–Kier alpha value is -2.37. The van der Waals surface area contributed by atoms with Gasteiger partial charge in [0.1, 0.15) is 12.6 Å². The highest BCUT2D eigenvalue weighted by Crippen LogP contribution is 2.44. The molecule has 1 aromatic carbocycles. The number of β-lactam (4-membered cyclic amide) rings is 1. The van der Waals surface area contributed by atoms with E-state index in [0.717, 1.165) is 5.56 Å². The van der Waals surface area contributed by atoms with E-state index in [1.165, 1.54) is 12.0 Å². The van der Waals surface area contributed by atoms with Crippen molar-refractivity contribution in [2.45, 2.75) is 32.0 Å². The van der Waals surface area contributed by atoms with Crippen molar-refractivity contribution in [2.75, 3.05) is 7.11 Å². The zero-order chi connectivity index (χ0) is 16.6. The van der Waals surface area contributed by atoms with E-state index in [4.69, 9.17) is 9.47 Å². The number of carbonyl (C=O) groups excluding carboxylic acids is 3. The lowest BCUT2D eigenvalue weighted by molar-refractivity contribution is -0.165. The number of benzene rings is 1. The highest BCUT2D eigenvalue weighted by Gasteiger charge is 2.61. The molecule has 2 aliphatic heterocycles. The van der Waals surface area contributed by atoms with Crippen LogP contribution >= 0.6 is 0 Å². The predicted molar refractivity (Wildman–Crippen MR) is 79.9 cm³/mol. The average Bonchev–Trinajstić information content (AvgIpc) is 2.80. The fourth-order valence-electron chi connectivity index (χ4n) is 3.51. The summed E-state index contributed by atoms with van der Waals surface area (Å²) in [6.45, 7) is 1.99. The van der Waals surface area contributed by atoms with E-state index in [9.17, 15) is 14.4 Å². The van der Waals surface area contributed by atoms with Crippen LogP contribution in [0.2, 0.25) is 0 Å². The summed E-state index contributed by atoms with van der Waals surface area (Å²) >= 11 is 0. The Bertz CT molecular complexity index is 629. The van der Waals surface area contributed by atoms with E-state index in [1.807, 2.05) is 37.3 Å². The molecule has 6 nitrogen and oxygen atoms in total. The van der Waals surface area contributed by atoms with Crippen LogP contribution in [-0.2, 0) is 30.5 Å². The van der Waals surface area contributed by atoms with Gasteiger partial charge in [0, 0.05) is 12.5 Å². The maximum Gasteiger partial charge on any atom is 0.330 e. The lowest BCUT2D eigenvalue weighted by Crippen LogP contribution is -2.56. The lowest BCUT2D eigenvalue weighted by Gasteiger charge is -2.38. The van der Waals surface area contributed by atoms with Crippen LogP contribution in [0.3, 0.4) is 0 Å². The first kappa shape index (κ1) is 15.5. The Morgan fingerprint density at radius 1 is 1.22 bits per heavy atom. The summed E-state index contributed by atoms with van der Waals surface area (Å²) < 4.78 is 10.2. The van der Waals surface area contributed by atoms with E-state index in [2.05, 4.69) is 0 Å². The van der Waals surface area contributed by atoms with Crippen LogP contribution < -0.4 is 0 Å². The van der Waals surface area contributed by atoms with E-state index < -0.39 is 23.9 Å². The molecule has 2 heterocycles. The van der Waals surface area contributed by atoms with Gasteiger partial charge in [-0.3, -0.25) is 9.59 Å². The molecule has 0 aromatic heterocycles. The molecule has 2 aliphatic rings. The standard InChI is InChI=1S/C17H19NO5/c1-10-12-8-13(19)18(12)15(14(10)16(20)22-2)17(21)23-9-11-6-4-3-5-7-11/h3-7,10,12,14-15H,8-9H2,1-2H3/t10?,12-,14+,15+/m0/s1. The molecule has 0 saturated carbocycles. The van der Waals surface area contributed by atoms with Crippen LogP contribution in [0.4, 0.5) is 0 Å². The van der Waals surface area contributed by atoms with Crippen molar-refractivity contribution in [3.05, 3.63) is 35.9 Å². The molecule has 0 radical (unpaired) electrons. The van der Waals surface area contributed by atoms with Crippen LogP contribution in [0.5, 0.6) is 0 Å². The Morgan fingerprint density at radius 2 is 1.91 bits per heavy atom. The third kappa shape index (κ3) is 2.58. The number of nitrogens with zero attached hydrogens (tertiary/aromatic N) is 1. The highest BCUT2D eigenvalue weighted by atomic mass is 16.5. The Morgan fingerprint density at radius 3 is 2.52 bits per heavy atom. The van der Waals surface area contributed by atoms with E-state index in [-0.39, 0.29) is 24.5 Å². The summed E-state index contributed by atoms with van der Waals surface area (Å²) in [6.07, 6.45) is 0.372. The minimum atomic E-state index is -0.882.